The van der Waals surface area contributed by atoms with Crippen LogP contribution in [0.4, 0.5) is 5.69 Å². The van der Waals surface area contributed by atoms with Crippen molar-refractivity contribution in [2.24, 2.45) is 5.73 Å². The molecule has 0 bridgehead atoms. The van der Waals surface area contributed by atoms with E-state index < -0.39 is 0 Å². The second kappa shape index (κ2) is 7.99. The molecule has 1 aromatic heterocycles. The first-order chi connectivity index (χ1) is 12.2. The van der Waals surface area contributed by atoms with Gasteiger partial charge in [-0.05, 0) is 62.3 Å². The third-order valence-electron chi connectivity index (χ3n) is 4.56. The summed E-state index contributed by atoms with van der Waals surface area (Å²) in [6.45, 7) is 7.94. The van der Waals surface area contributed by atoms with E-state index in [1.807, 2.05) is 31.2 Å². The van der Waals surface area contributed by atoms with Crippen LogP contribution in [0.5, 0.6) is 0 Å². The van der Waals surface area contributed by atoms with Crippen LogP contribution in [-0.2, 0) is 0 Å². The molecule has 0 amide bonds. The highest BCUT2D eigenvalue weighted by Gasteiger charge is 2.14. The number of piperidine rings is 1. The number of nitrogens with two attached hydrogens (primary N) is 1. The normalized spacial score (nSPS) is 16.8. The topological polar surface area (TPSA) is 63.0 Å². The van der Waals surface area contributed by atoms with Crippen molar-refractivity contribution in [1.82, 2.24) is 10.3 Å². The molecule has 4 N–H and O–H groups in total. The van der Waals surface area contributed by atoms with Gasteiger partial charge in [-0.2, -0.15) is 0 Å². The molecule has 2 heterocycles. The summed E-state index contributed by atoms with van der Waals surface area (Å²) in [6, 6.07) is 10.8. The molecule has 0 radical (unpaired) electrons. The summed E-state index contributed by atoms with van der Waals surface area (Å²) < 4.78 is 0. The van der Waals surface area contributed by atoms with Gasteiger partial charge < -0.3 is 16.4 Å². The van der Waals surface area contributed by atoms with Crippen molar-refractivity contribution < 1.29 is 0 Å². The number of hydrogen-bond acceptors (Lipinski definition) is 4. The third-order valence-corrected chi connectivity index (χ3v) is 4.56. The summed E-state index contributed by atoms with van der Waals surface area (Å²) in [5, 5.41) is 9.15. The summed E-state index contributed by atoms with van der Waals surface area (Å²) in [5.41, 5.74) is 10.1. The van der Waals surface area contributed by atoms with Gasteiger partial charge in [-0.15, -0.1) is 0 Å². The lowest BCUT2D eigenvalue weighted by Crippen LogP contribution is -2.38. The van der Waals surface area contributed by atoms with Crippen molar-refractivity contribution in [2.75, 3.05) is 18.4 Å². The van der Waals surface area contributed by atoms with Gasteiger partial charge in [-0.3, -0.25) is 4.98 Å². The standard InChI is InChI=1S/C21H26N4/c1-3-5-16-12-17(20-7-4-6-15(2)24-20)13-21(19(16)14-22)25-18-8-10-23-11-9-18/h3-7,12-14,18,23,25H,1,8-11,22H2,2H3/b16-5-,19-14+. The maximum atomic E-state index is 5.95. The molecule has 1 aromatic carbocycles. The highest BCUT2D eigenvalue weighted by molar-refractivity contribution is 5.68. The number of pyridine rings is 1. The third kappa shape index (κ3) is 4.09. The molecule has 1 saturated heterocycles. The van der Waals surface area contributed by atoms with Crippen molar-refractivity contribution in [3.63, 3.8) is 0 Å². The number of rotatable bonds is 4. The number of nitrogens with zero attached hydrogens (tertiary/aromatic N) is 1. The van der Waals surface area contributed by atoms with E-state index >= 15 is 0 Å². The van der Waals surface area contributed by atoms with Crippen LogP contribution >= 0.6 is 0 Å². The average molecular weight is 334 g/mol. The molecule has 1 fully saturated rings. The molecule has 3 rings (SSSR count). The molecule has 1 aliphatic rings. The number of nitrogens with one attached hydrogen (secondary N) is 2. The Morgan fingerprint density at radius 3 is 2.76 bits per heavy atom. The Labute approximate surface area is 149 Å². The summed E-state index contributed by atoms with van der Waals surface area (Å²) in [4.78, 5) is 4.67. The Morgan fingerprint density at radius 2 is 2.08 bits per heavy atom. The quantitative estimate of drug-likeness (QED) is 0.799. The lowest BCUT2D eigenvalue weighted by atomic mass is 10.0. The van der Waals surface area contributed by atoms with Gasteiger partial charge in [-0.25, -0.2) is 0 Å². The first-order valence-corrected chi connectivity index (χ1v) is 8.81. The highest BCUT2D eigenvalue weighted by atomic mass is 15.0. The van der Waals surface area contributed by atoms with Crippen LogP contribution in [0.3, 0.4) is 0 Å². The monoisotopic (exact) mass is 334 g/mol. The number of aryl methyl sites for hydroxylation is 1. The van der Waals surface area contributed by atoms with Crippen molar-refractivity contribution in [3.05, 3.63) is 59.1 Å². The van der Waals surface area contributed by atoms with E-state index in [0.29, 0.717) is 6.04 Å². The summed E-state index contributed by atoms with van der Waals surface area (Å²) in [5.74, 6) is 0. The van der Waals surface area contributed by atoms with Crippen LogP contribution in [0.15, 0.2) is 43.0 Å². The van der Waals surface area contributed by atoms with Crippen molar-refractivity contribution in [2.45, 2.75) is 25.8 Å². The molecule has 25 heavy (non-hydrogen) atoms. The fourth-order valence-corrected chi connectivity index (χ4v) is 3.28. The van der Waals surface area contributed by atoms with Gasteiger partial charge in [0.15, 0.2) is 0 Å². The lowest BCUT2D eigenvalue weighted by Gasteiger charge is -2.25. The molecule has 4 heteroatoms. The summed E-state index contributed by atoms with van der Waals surface area (Å²) >= 11 is 0. The molecule has 0 aliphatic carbocycles. The predicted molar refractivity (Wildman–Crippen MR) is 106 cm³/mol. The van der Waals surface area contributed by atoms with Crippen molar-refractivity contribution in [3.8, 4) is 11.3 Å². The number of allylic oxidation sites excluding steroid dienone is 1. The molecule has 0 spiro atoms. The molecular formula is C21H26N4. The minimum Gasteiger partial charge on any atom is -0.404 e. The molecule has 2 aromatic rings. The fraction of sp³-hybridized carbons (Fsp3) is 0.286. The Hall–Kier alpha value is -2.59. The zero-order valence-corrected chi connectivity index (χ0v) is 14.8. The summed E-state index contributed by atoms with van der Waals surface area (Å²) in [7, 11) is 0. The molecule has 130 valence electrons. The van der Waals surface area contributed by atoms with Crippen molar-refractivity contribution >= 4 is 18.0 Å². The second-order valence-electron chi connectivity index (χ2n) is 6.43. The first kappa shape index (κ1) is 17.2. The van der Waals surface area contributed by atoms with E-state index in [-0.39, 0.29) is 0 Å². The Balaban J connectivity index is 2.11. The Kier molecular flexibility index (Phi) is 5.51. The fourth-order valence-electron chi connectivity index (χ4n) is 3.28. The lowest BCUT2D eigenvalue weighted by molar-refractivity contribution is 0.479. The Bertz CT molecular complexity index is 864. The van der Waals surface area contributed by atoms with Gasteiger partial charge in [0.25, 0.3) is 0 Å². The maximum Gasteiger partial charge on any atom is 0.0706 e. The van der Waals surface area contributed by atoms with Crippen LogP contribution in [0.25, 0.3) is 23.5 Å². The minimum atomic E-state index is 0.456. The minimum absolute atomic E-state index is 0.456. The van der Waals surface area contributed by atoms with E-state index in [2.05, 4.69) is 34.3 Å². The SMILES string of the molecule is C=C/C=c1/cc(-c2cccc(C)n2)cc(NC2CCNCC2)/c1=C/N. The van der Waals surface area contributed by atoms with Crippen LogP contribution in [0, 0.1) is 6.92 Å². The maximum absolute atomic E-state index is 5.95. The molecule has 1 aliphatic heterocycles. The average Bonchev–Trinajstić information content (AvgIpc) is 2.63. The zero-order valence-electron chi connectivity index (χ0n) is 14.8. The van der Waals surface area contributed by atoms with Gasteiger partial charge in [0.05, 0.1) is 5.69 Å². The largest absolute Gasteiger partial charge is 0.404 e. The predicted octanol–water partition coefficient (Wildman–Crippen LogP) is 1.88. The van der Waals surface area contributed by atoms with E-state index in [1.165, 1.54) is 0 Å². The van der Waals surface area contributed by atoms with Crippen LogP contribution in [0.1, 0.15) is 18.5 Å². The van der Waals surface area contributed by atoms with E-state index in [4.69, 9.17) is 5.73 Å². The molecular weight excluding hydrogens is 308 g/mol. The number of hydrogen-bond donors (Lipinski definition) is 3. The van der Waals surface area contributed by atoms with Crippen molar-refractivity contribution in [1.29, 1.82) is 0 Å². The number of anilines is 1. The van der Waals surface area contributed by atoms with Crippen LogP contribution in [0.2, 0.25) is 0 Å². The molecule has 0 atom stereocenters. The smallest absolute Gasteiger partial charge is 0.0706 e. The second-order valence-corrected chi connectivity index (χ2v) is 6.43. The van der Waals surface area contributed by atoms with Gasteiger partial charge in [0.2, 0.25) is 0 Å². The van der Waals surface area contributed by atoms with Crippen LogP contribution in [-0.4, -0.2) is 24.1 Å². The number of aromatic nitrogens is 1. The van der Waals surface area contributed by atoms with Gasteiger partial charge >= 0.3 is 0 Å². The summed E-state index contributed by atoms with van der Waals surface area (Å²) in [6.07, 6.45) is 7.68. The first-order valence-electron chi connectivity index (χ1n) is 8.81. The molecule has 0 saturated carbocycles. The molecule has 0 unspecified atom stereocenters. The highest BCUT2D eigenvalue weighted by Crippen LogP contribution is 2.19. The van der Waals surface area contributed by atoms with Gasteiger partial charge in [0.1, 0.15) is 0 Å². The van der Waals surface area contributed by atoms with E-state index in [9.17, 15) is 0 Å². The van der Waals surface area contributed by atoms with E-state index in [1.54, 1.807) is 12.3 Å². The zero-order chi connectivity index (χ0) is 17.6. The number of benzene rings is 1. The molecule has 4 nitrogen and oxygen atoms in total. The van der Waals surface area contributed by atoms with E-state index in [0.717, 1.165) is 59.0 Å². The Morgan fingerprint density at radius 1 is 1.28 bits per heavy atom. The van der Waals surface area contributed by atoms with Crippen LogP contribution < -0.4 is 26.8 Å². The van der Waals surface area contributed by atoms with Gasteiger partial charge in [-0.1, -0.05) is 24.8 Å². The van der Waals surface area contributed by atoms with Gasteiger partial charge in [0, 0.05) is 34.4 Å².